The van der Waals surface area contributed by atoms with Gasteiger partial charge in [0.2, 0.25) is 0 Å². The zero-order valence-electron chi connectivity index (χ0n) is 11.6. The molecule has 0 aromatic carbocycles. The maximum atomic E-state index is 5.54. The van der Waals surface area contributed by atoms with Crippen LogP contribution in [0.5, 0.6) is 0 Å². The summed E-state index contributed by atoms with van der Waals surface area (Å²) in [6, 6.07) is 0.555. The molecule has 0 bridgehead atoms. The van der Waals surface area contributed by atoms with Crippen molar-refractivity contribution in [1.29, 1.82) is 0 Å². The van der Waals surface area contributed by atoms with Gasteiger partial charge in [-0.05, 0) is 12.8 Å². The minimum absolute atomic E-state index is 0.463. The van der Waals surface area contributed by atoms with Crippen molar-refractivity contribution in [2.45, 2.75) is 39.3 Å². The Morgan fingerprint density at radius 1 is 1.28 bits per heavy atom. The molecule has 1 aromatic heterocycles. The Hall–Kier alpha value is -1.20. The van der Waals surface area contributed by atoms with Crippen LogP contribution in [-0.4, -0.2) is 41.2 Å². The molecule has 5 heteroatoms. The molecule has 0 fully saturated rings. The van der Waals surface area contributed by atoms with Crippen molar-refractivity contribution in [2.24, 2.45) is 0 Å². The fourth-order valence-electron chi connectivity index (χ4n) is 2.06. The average molecular weight is 252 g/mol. The minimum atomic E-state index is 0.463. The molecular weight excluding hydrogens is 228 g/mol. The third-order valence-electron chi connectivity index (χ3n) is 3.13. The van der Waals surface area contributed by atoms with E-state index in [-0.39, 0.29) is 0 Å². The van der Waals surface area contributed by atoms with Crippen LogP contribution in [0.3, 0.4) is 0 Å². The van der Waals surface area contributed by atoms with E-state index in [1.54, 1.807) is 19.5 Å². The molecule has 0 aliphatic heterocycles. The van der Waals surface area contributed by atoms with Crippen molar-refractivity contribution in [1.82, 2.24) is 14.9 Å². The summed E-state index contributed by atoms with van der Waals surface area (Å²) in [4.78, 5) is 10.8. The Balaban J connectivity index is 2.67. The van der Waals surface area contributed by atoms with Crippen LogP contribution in [0.2, 0.25) is 0 Å². The summed E-state index contributed by atoms with van der Waals surface area (Å²) >= 11 is 0. The number of nitrogens with zero attached hydrogens (tertiary/aromatic N) is 3. The maximum Gasteiger partial charge on any atom is 0.141 e. The summed E-state index contributed by atoms with van der Waals surface area (Å²) in [7, 11) is 1.73. The molecule has 0 unspecified atom stereocenters. The average Bonchev–Trinajstić information content (AvgIpc) is 2.39. The predicted molar refractivity (Wildman–Crippen MR) is 73.1 cm³/mol. The molecular formula is C13H24N4O. The zero-order valence-corrected chi connectivity index (χ0v) is 11.6. The highest BCUT2D eigenvalue weighted by atomic mass is 16.5. The largest absolute Gasteiger partial charge is 0.383 e. The van der Waals surface area contributed by atoms with Crippen molar-refractivity contribution >= 4 is 5.82 Å². The van der Waals surface area contributed by atoms with Crippen LogP contribution in [0.1, 0.15) is 32.4 Å². The van der Waals surface area contributed by atoms with Crippen LogP contribution >= 0.6 is 0 Å². The normalized spacial score (nSPS) is 11.4. The van der Waals surface area contributed by atoms with Crippen LogP contribution in [0, 0.1) is 0 Å². The number of nitrogens with two attached hydrogens (primary N) is 1. The highest BCUT2D eigenvalue weighted by Crippen LogP contribution is 2.12. The maximum absolute atomic E-state index is 5.54. The monoisotopic (exact) mass is 252 g/mol. The summed E-state index contributed by atoms with van der Waals surface area (Å²) in [5.74, 6) is 0.463. The Morgan fingerprint density at radius 2 is 2.00 bits per heavy atom. The van der Waals surface area contributed by atoms with Crippen molar-refractivity contribution in [3.05, 3.63) is 18.1 Å². The summed E-state index contributed by atoms with van der Waals surface area (Å²) in [6.45, 7) is 6.86. The van der Waals surface area contributed by atoms with E-state index in [0.29, 0.717) is 11.9 Å². The number of hydrogen-bond acceptors (Lipinski definition) is 5. The molecule has 1 aromatic rings. The van der Waals surface area contributed by atoms with E-state index in [9.17, 15) is 0 Å². The first-order valence-electron chi connectivity index (χ1n) is 6.50. The smallest absolute Gasteiger partial charge is 0.141 e. The molecule has 0 saturated carbocycles. The Kier molecular flexibility index (Phi) is 6.60. The molecule has 0 aliphatic rings. The topological polar surface area (TPSA) is 64.3 Å². The van der Waals surface area contributed by atoms with Gasteiger partial charge in [-0.25, -0.2) is 4.98 Å². The molecule has 1 rings (SSSR count). The summed E-state index contributed by atoms with van der Waals surface area (Å²) < 4.78 is 5.17. The third-order valence-corrected chi connectivity index (χ3v) is 3.13. The van der Waals surface area contributed by atoms with Crippen LogP contribution in [0.4, 0.5) is 5.82 Å². The van der Waals surface area contributed by atoms with E-state index in [0.717, 1.165) is 38.2 Å². The standard InChI is InChI=1S/C13H24N4O/c1-4-12(5-2)17(6-7-18-3)10-11-8-16-13(14)9-15-11/h8-9,12H,4-7,10H2,1-3H3,(H2,14,16). The van der Waals surface area contributed by atoms with Crippen LogP contribution in [-0.2, 0) is 11.3 Å². The lowest BCUT2D eigenvalue weighted by atomic mass is 10.1. The first kappa shape index (κ1) is 14.9. The highest BCUT2D eigenvalue weighted by molar-refractivity contribution is 5.22. The number of methoxy groups -OCH3 is 1. The van der Waals surface area contributed by atoms with E-state index < -0.39 is 0 Å². The van der Waals surface area contributed by atoms with E-state index in [1.807, 2.05) is 0 Å². The van der Waals surface area contributed by atoms with Gasteiger partial charge in [0.1, 0.15) is 5.82 Å². The fraction of sp³-hybridized carbons (Fsp3) is 0.692. The number of rotatable bonds is 8. The molecule has 2 N–H and O–H groups in total. The molecule has 0 atom stereocenters. The SMILES string of the molecule is CCC(CC)N(CCOC)Cc1cnc(N)cn1. The molecule has 5 nitrogen and oxygen atoms in total. The molecule has 0 radical (unpaired) electrons. The van der Waals surface area contributed by atoms with E-state index in [2.05, 4.69) is 28.7 Å². The molecule has 0 amide bonds. The number of aromatic nitrogens is 2. The first-order valence-corrected chi connectivity index (χ1v) is 6.50. The van der Waals surface area contributed by atoms with Crippen LogP contribution in [0.15, 0.2) is 12.4 Å². The third kappa shape index (κ3) is 4.58. The zero-order chi connectivity index (χ0) is 13.4. The number of ether oxygens (including phenoxy) is 1. The summed E-state index contributed by atoms with van der Waals surface area (Å²) in [5, 5.41) is 0. The van der Waals surface area contributed by atoms with E-state index >= 15 is 0 Å². The van der Waals surface area contributed by atoms with Gasteiger partial charge < -0.3 is 10.5 Å². The highest BCUT2D eigenvalue weighted by Gasteiger charge is 2.15. The fourth-order valence-corrected chi connectivity index (χ4v) is 2.06. The molecule has 0 spiro atoms. The molecule has 102 valence electrons. The van der Waals surface area contributed by atoms with Gasteiger partial charge in [-0.2, -0.15) is 0 Å². The molecule has 18 heavy (non-hydrogen) atoms. The van der Waals surface area contributed by atoms with Crippen LogP contribution in [0.25, 0.3) is 0 Å². The van der Waals surface area contributed by atoms with Gasteiger partial charge in [0.25, 0.3) is 0 Å². The van der Waals surface area contributed by atoms with Gasteiger partial charge in [-0.15, -0.1) is 0 Å². The van der Waals surface area contributed by atoms with Gasteiger partial charge in [0.05, 0.1) is 24.7 Å². The number of anilines is 1. The lowest BCUT2D eigenvalue weighted by Gasteiger charge is -2.29. The Bertz CT molecular complexity index is 324. The first-order chi connectivity index (χ1) is 8.71. The minimum Gasteiger partial charge on any atom is -0.383 e. The second-order valence-electron chi connectivity index (χ2n) is 4.37. The lowest BCUT2D eigenvalue weighted by molar-refractivity contribution is 0.109. The quantitative estimate of drug-likeness (QED) is 0.763. The number of hydrogen-bond donors (Lipinski definition) is 1. The molecule has 0 aliphatic carbocycles. The second-order valence-corrected chi connectivity index (χ2v) is 4.37. The Morgan fingerprint density at radius 3 is 2.50 bits per heavy atom. The summed E-state index contributed by atoms with van der Waals surface area (Å²) in [6.07, 6.45) is 5.61. The van der Waals surface area contributed by atoms with Gasteiger partial charge >= 0.3 is 0 Å². The van der Waals surface area contributed by atoms with E-state index in [1.165, 1.54) is 0 Å². The second kappa shape index (κ2) is 8.00. The van der Waals surface area contributed by atoms with Crippen LogP contribution < -0.4 is 5.73 Å². The van der Waals surface area contributed by atoms with Gasteiger partial charge in [0, 0.05) is 26.2 Å². The van der Waals surface area contributed by atoms with Gasteiger partial charge in [0.15, 0.2) is 0 Å². The van der Waals surface area contributed by atoms with Crippen molar-refractivity contribution in [3.63, 3.8) is 0 Å². The summed E-state index contributed by atoms with van der Waals surface area (Å²) in [5.41, 5.74) is 6.49. The van der Waals surface area contributed by atoms with Gasteiger partial charge in [-0.3, -0.25) is 9.88 Å². The van der Waals surface area contributed by atoms with Gasteiger partial charge in [-0.1, -0.05) is 13.8 Å². The van der Waals surface area contributed by atoms with Crippen molar-refractivity contribution in [2.75, 3.05) is 26.0 Å². The Labute approximate surface area is 109 Å². The van der Waals surface area contributed by atoms with Crippen molar-refractivity contribution < 1.29 is 4.74 Å². The van der Waals surface area contributed by atoms with E-state index in [4.69, 9.17) is 10.5 Å². The number of nitrogen functional groups attached to an aromatic ring is 1. The molecule has 1 heterocycles. The lowest BCUT2D eigenvalue weighted by Crippen LogP contribution is -2.36. The van der Waals surface area contributed by atoms with Crippen molar-refractivity contribution in [3.8, 4) is 0 Å². The predicted octanol–water partition coefficient (Wildman–Crippen LogP) is 1.70. The molecule has 0 saturated heterocycles.